The van der Waals surface area contributed by atoms with Gasteiger partial charge in [0.1, 0.15) is 12.4 Å². The van der Waals surface area contributed by atoms with E-state index in [4.69, 9.17) is 4.74 Å². The molecule has 0 aliphatic carbocycles. The topological polar surface area (TPSA) is 30.8 Å². The Morgan fingerprint density at radius 2 is 2.12 bits per heavy atom. The van der Waals surface area contributed by atoms with E-state index in [1.54, 1.807) is 0 Å². The number of rotatable bonds is 2. The number of aliphatic imine (C=N–C) groups is 1. The number of halogens is 4. The van der Waals surface area contributed by atoms with Gasteiger partial charge in [-0.25, -0.2) is 4.99 Å². The van der Waals surface area contributed by atoms with Crippen molar-refractivity contribution >= 4 is 21.8 Å². The van der Waals surface area contributed by atoms with Crippen LogP contribution in [0, 0.1) is 0 Å². The smallest absolute Gasteiger partial charge is 0.475 e. The molecule has 0 atom stereocenters. The highest BCUT2D eigenvalue weighted by molar-refractivity contribution is 9.10. The molecular formula is C10H7BrF3NO2. The van der Waals surface area contributed by atoms with Gasteiger partial charge >= 0.3 is 6.36 Å². The predicted molar refractivity (Wildman–Crippen MR) is 58.2 cm³/mol. The molecule has 0 saturated heterocycles. The van der Waals surface area contributed by atoms with Gasteiger partial charge in [0.15, 0.2) is 0 Å². The first-order valence-corrected chi connectivity index (χ1v) is 5.48. The maximum absolute atomic E-state index is 12.0. The summed E-state index contributed by atoms with van der Waals surface area (Å²) in [5.41, 5.74) is 0.608. The molecule has 0 saturated carbocycles. The molecule has 0 fully saturated rings. The third-order valence-corrected chi connectivity index (χ3v) is 2.65. The zero-order chi connectivity index (χ0) is 12.5. The molecule has 92 valence electrons. The van der Waals surface area contributed by atoms with E-state index in [2.05, 4.69) is 25.7 Å². The molecule has 7 heteroatoms. The zero-order valence-electron chi connectivity index (χ0n) is 8.42. The molecule has 3 nitrogen and oxygen atoms in total. The Balaban J connectivity index is 2.23. The molecule has 0 N–H and O–H groups in total. The Morgan fingerprint density at radius 1 is 1.35 bits per heavy atom. The van der Waals surface area contributed by atoms with Crippen LogP contribution in [-0.2, 0) is 4.74 Å². The maximum atomic E-state index is 12.0. The van der Waals surface area contributed by atoms with Gasteiger partial charge in [-0.1, -0.05) is 0 Å². The van der Waals surface area contributed by atoms with E-state index in [1.165, 1.54) is 18.2 Å². The van der Waals surface area contributed by atoms with Crippen LogP contribution in [0.1, 0.15) is 5.56 Å². The first kappa shape index (κ1) is 12.2. The minimum Gasteiger partial charge on any atom is -0.475 e. The summed E-state index contributed by atoms with van der Waals surface area (Å²) in [6.45, 7) is 1.05. The summed E-state index contributed by atoms with van der Waals surface area (Å²) in [6.07, 6.45) is -4.69. The van der Waals surface area contributed by atoms with Crippen LogP contribution >= 0.6 is 15.9 Å². The lowest BCUT2D eigenvalue weighted by Gasteiger charge is -2.10. The van der Waals surface area contributed by atoms with E-state index in [1.807, 2.05) is 0 Å². The summed E-state index contributed by atoms with van der Waals surface area (Å²) < 4.78 is 45.4. The standard InChI is InChI=1S/C10H7BrF3NO2/c11-8-5-6(17-10(12,13)14)1-2-7(8)9-15-3-4-16-9/h1-2,5H,3-4H2. The average molecular weight is 310 g/mol. The summed E-state index contributed by atoms with van der Waals surface area (Å²) in [6, 6.07) is 3.92. The lowest BCUT2D eigenvalue weighted by Crippen LogP contribution is -2.17. The van der Waals surface area contributed by atoms with Crippen LogP contribution in [0.4, 0.5) is 13.2 Å². The van der Waals surface area contributed by atoms with Crippen LogP contribution in [0.15, 0.2) is 27.7 Å². The van der Waals surface area contributed by atoms with E-state index < -0.39 is 6.36 Å². The highest BCUT2D eigenvalue weighted by Gasteiger charge is 2.31. The summed E-state index contributed by atoms with van der Waals surface area (Å²) in [4.78, 5) is 4.07. The Hall–Kier alpha value is -1.24. The first-order valence-electron chi connectivity index (χ1n) is 4.68. The second kappa shape index (κ2) is 4.56. The number of hydrogen-bond acceptors (Lipinski definition) is 3. The third kappa shape index (κ3) is 3.12. The van der Waals surface area contributed by atoms with Crippen molar-refractivity contribution in [2.45, 2.75) is 6.36 Å². The molecule has 2 rings (SSSR count). The van der Waals surface area contributed by atoms with Crippen molar-refractivity contribution in [3.63, 3.8) is 0 Å². The van der Waals surface area contributed by atoms with Crippen molar-refractivity contribution in [1.82, 2.24) is 0 Å². The predicted octanol–water partition coefficient (Wildman–Crippen LogP) is 3.12. The van der Waals surface area contributed by atoms with Gasteiger partial charge in [-0.05, 0) is 34.1 Å². The Labute approximate surface area is 103 Å². The van der Waals surface area contributed by atoms with E-state index in [-0.39, 0.29) is 5.75 Å². The van der Waals surface area contributed by atoms with Crippen molar-refractivity contribution in [2.24, 2.45) is 4.99 Å². The second-order valence-electron chi connectivity index (χ2n) is 3.22. The molecule has 0 spiro atoms. The summed E-state index contributed by atoms with van der Waals surface area (Å²) >= 11 is 3.16. The van der Waals surface area contributed by atoms with E-state index in [0.29, 0.717) is 29.1 Å². The SMILES string of the molecule is FC(F)(F)Oc1ccc(C2=NCCO2)c(Br)c1. The second-order valence-corrected chi connectivity index (χ2v) is 4.08. The monoisotopic (exact) mass is 309 g/mol. The fourth-order valence-corrected chi connectivity index (χ4v) is 1.89. The highest BCUT2D eigenvalue weighted by Crippen LogP contribution is 2.28. The normalized spacial score (nSPS) is 15.4. The van der Waals surface area contributed by atoms with Crippen molar-refractivity contribution < 1.29 is 22.6 Å². The molecule has 0 radical (unpaired) electrons. The number of benzene rings is 1. The van der Waals surface area contributed by atoms with Crippen LogP contribution in [0.25, 0.3) is 0 Å². The molecule has 1 aromatic carbocycles. The van der Waals surface area contributed by atoms with Crippen molar-refractivity contribution in [3.8, 4) is 5.75 Å². The molecule has 17 heavy (non-hydrogen) atoms. The van der Waals surface area contributed by atoms with Crippen molar-refractivity contribution in [3.05, 3.63) is 28.2 Å². The third-order valence-electron chi connectivity index (χ3n) is 1.99. The quantitative estimate of drug-likeness (QED) is 0.840. The number of nitrogens with zero attached hydrogens (tertiary/aromatic N) is 1. The summed E-state index contributed by atoms with van der Waals surface area (Å²) in [7, 11) is 0. The first-order chi connectivity index (χ1) is 7.96. The van der Waals surface area contributed by atoms with Crippen molar-refractivity contribution in [1.29, 1.82) is 0 Å². The largest absolute Gasteiger partial charge is 0.573 e. The lowest BCUT2D eigenvalue weighted by atomic mass is 10.2. The van der Waals surface area contributed by atoms with E-state index >= 15 is 0 Å². The van der Waals surface area contributed by atoms with Gasteiger partial charge in [0.25, 0.3) is 0 Å². The van der Waals surface area contributed by atoms with Crippen LogP contribution in [0.3, 0.4) is 0 Å². The van der Waals surface area contributed by atoms with Gasteiger partial charge in [0, 0.05) is 4.47 Å². The highest BCUT2D eigenvalue weighted by atomic mass is 79.9. The van der Waals surface area contributed by atoms with Crippen LogP contribution < -0.4 is 4.74 Å². The Bertz CT molecular complexity index is 459. The Kier molecular flexibility index (Phi) is 3.28. The Morgan fingerprint density at radius 3 is 2.65 bits per heavy atom. The van der Waals surface area contributed by atoms with Gasteiger partial charge in [-0.3, -0.25) is 0 Å². The number of alkyl halides is 3. The fourth-order valence-electron chi connectivity index (χ4n) is 1.36. The minimum absolute atomic E-state index is 0.285. The molecule has 1 aliphatic heterocycles. The van der Waals surface area contributed by atoms with Gasteiger partial charge in [-0.2, -0.15) is 0 Å². The lowest BCUT2D eigenvalue weighted by molar-refractivity contribution is -0.274. The van der Waals surface area contributed by atoms with Crippen LogP contribution in [0.5, 0.6) is 5.75 Å². The molecule has 0 unspecified atom stereocenters. The van der Waals surface area contributed by atoms with E-state index in [0.717, 1.165) is 0 Å². The molecular weight excluding hydrogens is 303 g/mol. The maximum Gasteiger partial charge on any atom is 0.573 e. The average Bonchev–Trinajstić information content (AvgIpc) is 2.68. The molecule has 0 amide bonds. The van der Waals surface area contributed by atoms with Crippen LogP contribution in [0.2, 0.25) is 0 Å². The van der Waals surface area contributed by atoms with Gasteiger partial charge in [-0.15, -0.1) is 13.2 Å². The fraction of sp³-hybridized carbons (Fsp3) is 0.300. The molecule has 0 bridgehead atoms. The van der Waals surface area contributed by atoms with Crippen LogP contribution in [-0.4, -0.2) is 25.4 Å². The molecule has 0 aromatic heterocycles. The van der Waals surface area contributed by atoms with Crippen molar-refractivity contribution in [2.75, 3.05) is 13.2 Å². The number of ether oxygens (including phenoxy) is 2. The number of hydrogen-bond donors (Lipinski definition) is 0. The molecule has 1 aliphatic rings. The zero-order valence-corrected chi connectivity index (χ0v) is 10.0. The van der Waals surface area contributed by atoms with Gasteiger partial charge < -0.3 is 9.47 Å². The van der Waals surface area contributed by atoms with E-state index in [9.17, 15) is 13.2 Å². The summed E-state index contributed by atoms with van der Waals surface area (Å²) in [5, 5.41) is 0. The van der Waals surface area contributed by atoms with Gasteiger partial charge in [0.2, 0.25) is 5.90 Å². The summed E-state index contributed by atoms with van der Waals surface area (Å²) in [5.74, 6) is 0.141. The minimum atomic E-state index is -4.69. The molecule has 1 aromatic rings. The van der Waals surface area contributed by atoms with Gasteiger partial charge in [0.05, 0.1) is 12.1 Å². The molecule has 1 heterocycles.